The maximum Gasteiger partial charge on any atom is 0.236 e. The Bertz CT molecular complexity index is 202. The number of hydrogen-bond donors (Lipinski definition) is 1. The number of likely N-dealkylation sites (N-methyl/N-ethyl adjacent to an activating group) is 2. The molecule has 0 aliphatic carbocycles. The Hall–Kier alpha value is -1.10. The number of primary amides is 1. The van der Waals surface area contributed by atoms with Crippen LogP contribution in [0.25, 0.3) is 0 Å². The van der Waals surface area contributed by atoms with E-state index in [1.54, 1.807) is 16.8 Å². The molecule has 0 aliphatic heterocycles. The Labute approximate surface area is 84.8 Å². The van der Waals surface area contributed by atoms with Crippen LogP contribution in [0.15, 0.2) is 0 Å². The predicted molar refractivity (Wildman–Crippen MR) is 54.6 cm³/mol. The first-order valence-corrected chi connectivity index (χ1v) is 4.75. The lowest BCUT2D eigenvalue weighted by Gasteiger charge is -2.22. The minimum atomic E-state index is -0.417. The average molecular weight is 201 g/mol. The summed E-state index contributed by atoms with van der Waals surface area (Å²) in [7, 11) is 1.70. The molecule has 0 rings (SSSR count). The lowest BCUT2D eigenvalue weighted by molar-refractivity contribution is -0.132. The van der Waals surface area contributed by atoms with Crippen LogP contribution in [-0.4, -0.2) is 54.8 Å². The van der Waals surface area contributed by atoms with Gasteiger partial charge in [0.2, 0.25) is 11.8 Å². The van der Waals surface area contributed by atoms with Crippen LogP contribution in [0.4, 0.5) is 0 Å². The van der Waals surface area contributed by atoms with Crippen molar-refractivity contribution in [3.8, 4) is 0 Å². The number of amides is 2. The molecule has 0 radical (unpaired) electrons. The summed E-state index contributed by atoms with van der Waals surface area (Å²) in [6.07, 6.45) is 0. The van der Waals surface area contributed by atoms with Gasteiger partial charge in [0.15, 0.2) is 0 Å². The molecular formula is C9H19N3O2. The van der Waals surface area contributed by atoms with Gasteiger partial charge in [-0.1, -0.05) is 0 Å². The van der Waals surface area contributed by atoms with Crippen molar-refractivity contribution >= 4 is 11.8 Å². The minimum Gasteiger partial charge on any atom is -0.369 e. The molecule has 2 amide bonds. The molecule has 2 N–H and O–H groups in total. The molecule has 0 saturated carbocycles. The second-order valence-electron chi connectivity index (χ2n) is 3.20. The number of carbonyl (C=O) groups is 2. The van der Waals surface area contributed by atoms with Gasteiger partial charge in [0, 0.05) is 13.1 Å². The van der Waals surface area contributed by atoms with Crippen LogP contribution in [0.2, 0.25) is 0 Å². The number of carbonyl (C=O) groups excluding carboxylic acids is 2. The van der Waals surface area contributed by atoms with Crippen LogP contribution in [0, 0.1) is 0 Å². The normalized spacial score (nSPS) is 10.3. The second-order valence-corrected chi connectivity index (χ2v) is 3.20. The van der Waals surface area contributed by atoms with Crippen LogP contribution < -0.4 is 5.73 Å². The number of nitrogens with two attached hydrogens (primary N) is 1. The van der Waals surface area contributed by atoms with Crippen molar-refractivity contribution in [3.05, 3.63) is 0 Å². The summed E-state index contributed by atoms with van der Waals surface area (Å²) in [6.45, 7) is 5.60. The zero-order valence-corrected chi connectivity index (χ0v) is 9.12. The molecule has 0 aliphatic rings. The van der Waals surface area contributed by atoms with Gasteiger partial charge in [-0.05, 0) is 20.9 Å². The fourth-order valence-electron chi connectivity index (χ4n) is 1.23. The third-order valence-electron chi connectivity index (χ3n) is 1.95. The van der Waals surface area contributed by atoms with Crippen molar-refractivity contribution in [1.29, 1.82) is 0 Å². The van der Waals surface area contributed by atoms with E-state index < -0.39 is 5.91 Å². The summed E-state index contributed by atoms with van der Waals surface area (Å²) in [6, 6.07) is 0. The predicted octanol–water partition coefficient (Wildman–Crippen LogP) is -0.728. The van der Waals surface area contributed by atoms with Gasteiger partial charge in [-0.25, -0.2) is 0 Å². The maximum atomic E-state index is 11.5. The highest BCUT2D eigenvalue weighted by Crippen LogP contribution is 1.91. The van der Waals surface area contributed by atoms with E-state index in [0.29, 0.717) is 13.1 Å². The quantitative estimate of drug-likeness (QED) is 0.616. The third-order valence-corrected chi connectivity index (χ3v) is 1.95. The number of nitrogens with zero attached hydrogens (tertiary/aromatic N) is 2. The third kappa shape index (κ3) is 4.81. The summed E-state index contributed by atoms with van der Waals surface area (Å²) >= 11 is 0. The molecule has 82 valence electrons. The molecule has 14 heavy (non-hydrogen) atoms. The van der Waals surface area contributed by atoms with E-state index >= 15 is 0 Å². The van der Waals surface area contributed by atoms with E-state index in [4.69, 9.17) is 5.73 Å². The van der Waals surface area contributed by atoms with Crippen molar-refractivity contribution < 1.29 is 9.59 Å². The molecule has 0 aromatic heterocycles. The molecule has 0 aromatic rings. The Morgan fingerprint density at radius 3 is 2.00 bits per heavy atom. The lowest BCUT2D eigenvalue weighted by Crippen LogP contribution is -2.41. The van der Waals surface area contributed by atoms with Crippen molar-refractivity contribution in [1.82, 2.24) is 9.80 Å². The van der Waals surface area contributed by atoms with Crippen LogP contribution in [-0.2, 0) is 9.59 Å². The SMILES string of the molecule is CCN(CC)C(=O)CN(C)CC(N)=O. The van der Waals surface area contributed by atoms with Crippen LogP contribution in [0.1, 0.15) is 13.8 Å². The largest absolute Gasteiger partial charge is 0.369 e. The molecule has 0 bridgehead atoms. The Balaban J connectivity index is 3.97. The van der Waals surface area contributed by atoms with Gasteiger partial charge in [-0.3, -0.25) is 14.5 Å². The van der Waals surface area contributed by atoms with E-state index in [-0.39, 0.29) is 19.0 Å². The first-order valence-electron chi connectivity index (χ1n) is 4.75. The molecule has 5 heteroatoms. The fraction of sp³-hybridized carbons (Fsp3) is 0.778. The number of hydrogen-bond acceptors (Lipinski definition) is 3. The Morgan fingerprint density at radius 2 is 1.64 bits per heavy atom. The highest BCUT2D eigenvalue weighted by Gasteiger charge is 2.12. The van der Waals surface area contributed by atoms with Crippen LogP contribution in [0.3, 0.4) is 0 Å². The molecule has 0 atom stereocenters. The van der Waals surface area contributed by atoms with Gasteiger partial charge in [-0.15, -0.1) is 0 Å². The minimum absolute atomic E-state index is 0.0266. The van der Waals surface area contributed by atoms with Gasteiger partial charge in [-0.2, -0.15) is 0 Å². The number of rotatable bonds is 6. The highest BCUT2D eigenvalue weighted by atomic mass is 16.2. The Kier molecular flexibility index (Phi) is 5.87. The van der Waals surface area contributed by atoms with Gasteiger partial charge < -0.3 is 10.6 Å². The summed E-state index contributed by atoms with van der Waals surface area (Å²) in [5.41, 5.74) is 5.00. The molecule has 0 unspecified atom stereocenters. The summed E-state index contributed by atoms with van der Waals surface area (Å²) in [4.78, 5) is 25.4. The fourth-order valence-corrected chi connectivity index (χ4v) is 1.23. The zero-order chi connectivity index (χ0) is 11.1. The topological polar surface area (TPSA) is 66.6 Å². The summed E-state index contributed by atoms with van der Waals surface area (Å²) in [5.74, 6) is -0.390. The summed E-state index contributed by atoms with van der Waals surface area (Å²) in [5, 5.41) is 0. The second kappa shape index (κ2) is 6.37. The van der Waals surface area contributed by atoms with Crippen LogP contribution >= 0.6 is 0 Å². The van der Waals surface area contributed by atoms with Crippen molar-refractivity contribution in [2.75, 3.05) is 33.2 Å². The van der Waals surface area contributed by atoms with Gasteiger partial charge >= 0.3 is 0 Å². The smallest absolute Gasteiger partial charge is 0.236 e. The Morgan fingerprint density at radius 1 is 1.14 bits per heavy atom. The lowest BCUT2D eigenvalue weighted by atomic mass is 10.4. The van der Waals surface area contributed by atoms with Crippen LogP contribution in [0.5, 0.6) is 0 Å². The van der Waals surface area contributed by atoms with E-state index in [0.717, 1.165) is 0 Å². The first kappa shape index (κ1) is 12.9. The summed E-state index contributed by atoms with van der Waals surface area (Å²) < 4.78 is 0. The van der Waals surface area contributed by atoms with Gasteiger partial charge in [0.05, 0.1) is 13.1 Å². The maximum absolute atomic E-state index is 11.5. The molecular weight excluding hydrogens is 182 g/mol. The molecule has 0 saturated heterocycles. The molecule has 0 heterocycles. The van der Waals surface area contributed by atoms with E-state index in [1.165, 1.54) is 0 Å². The zero-order valence-electron chi connectivity index (χ0n) is 9.12. The average Bonchev–Trinajstić information content (AvgIpc) is 2.04. The van der Waals surface area contributed by atoms with Crippen molar-refractivity contribution in [2.24, 2.45) is 5.73 Å². The van der Waals surface area contributed by atoms with Gasteiger partial charge in [0.25, 0.3) is 0 Å². The molecule has 0 fully saturated rings. The van der Waals surface area contributed by atoms with Crippen molar-refractivity contribution in [2.45, 2.75) is 13.8 Å². The highest BCUT2D eigenvalue weighted by molar-refractivity contribution is 5.80. The monoisotopic (exact) mass is 201 g/mol. The standard InChI is InChI=1S/C9H19N3O2/c1-4-12(5-2)9(14)7-11(3)6-8(10)13/h4-7H2,1-3H3,(H2,10,13). The van der Waals surface area contributed by atoms with E-state index in [9.17, 15) is 9.59 Å². The van der Waals surface area contributed by atoms with Crippen molar-refractivity contribution in [3.63, 3.8) is 0 Å². The first-order chi connectivity index (χ1) is 6.51. The molecule has 5 nitrogen and oxygen atoms in total. The van der Waals surface area contributed by atoms with E-state index in [2.05, 4.69) is 0 Å². The van der Waals surface area contributed by atoms with E-state index in [1.807, 2.05) is 13.8 Å². The van der Waals surface area contributed by atoms with Gasteiger partial charge in [0.1, 0.15) is 0 Å². The molecule has 0 aromatic carbocycles. The molecule has 0 spiro atoms.